The highest BCUT2D eigenvalue weighted by Crippen LogP contribution is 2.16. The van der Waals surface area contributed by atoms with Gasteiger partial charge < -0.3 is 15.4 Å². The minimum Gasteiger partial charge on any atom is -0.494 e. The molecule has 0 radical (unpaired) electrons. The first-order chi connectivity index (χ1) is 11.6. The van der Waals surface area contributed by atoms with Crippen LogP contribution in [0.25, 0.3) is 0 Å². The first kappa shape index (κ1) is 17.3. The lowest BCUT2D eigenvalue weighted by atomic mass is 10.2. The van der Waals surface area contributed by atoms with Crippen molar-refractivity contribution in [1.29, 1.82) is 5.26 Å². The summed E-state index contributed by atoms with van der Waals surface area (Å²) in [6.07, 6.45) is 2.80. The number of nitrogens with zero attached hydrogens (tertiary/aromatic N) is 2. The minimum atomic E-state index is -0.531. The number of carbonyl (C=O) groups is 1. The van der Waals surface area contributed by atoms with Crippen molar-refractivity contribution in [3.63, 3.8) is 0 Å². The Hall–Kier alpha value is -3.04. The summed E-state index contributed by atoms with van der Waals surface area (Å²) < 4.78 is 5.33. The number of rotatable bonds is 6. The molecule has 122 valence electrons. The quantitative estimate of drug-likeness (QED) is 0.618. The third kappa shape index (κ3) is 5.00. The Balaban J connectivity index is 2.03. The number of amides is 1. The van der Waals surface area contributed by atoms with E-state index in [0.717, 1.165) is 0 Å². The van der Waals surface area contributed by atoms with Gasteiger partial charge in [0.2, 0.25) is 0 Å². The lowest BCUT2D eigenvalue weighted by Gasteiger charge is -2.07. The number of anilines is 2. The van der Waals surface area contributed by atoms with Gasteiger partial charge in [0.15, 0.2) is 0 Å². The van der Waals surface area contributed by atoms with Crippen LogP contribution >= 0.6 is 11.6 Å². The normalized spacial score (nSPS) is 10.6. The van der Waals surface area contributed by atoms with Crippen LogP contribution in [0.15, 0.2) is 54.4 Å². The maximum Gasteiger partial charge on any atom is 0.267 e. The van der Waals surface area contributed by atoms with Gasteiger partial charge in [0.05, 0.1) is 6.61 Å². The molecule has 0 unspecified atom stereocenters. The smallest absolute Gasteiger partial charge is 0.267 e. The van der Waals surface area contributed by atoms with E-state index in [9.17, 15) is 4.79 Å². The molecule has 6 nitrogen and oxygen atoms in total. The van der Waals surface area contributed by atoms with Crippen molar-refractivity contribution in [1.82, 2.24) is 4.98 Å². The molecule has 0 saturated heterocycles. The van der Waals surface area contributed by atoms with Crippen molar-refractivity contribution < 1.29 is 9.53 Å². The van der Waals surface area contributed by atoms with Crippen LogP contribution in [0.4, 0.5) is 11.5 Å². The molecule has 0 fully saturated rings. The summed E-state index contributed by atoms with van der Waals surface area (Å²) >= 11 is 5.84. The van der Waals surface area contributed by atoms with Gasteiger partial charge in [-0.2, -0.15) is 5.26 Å². The van der Waals surface area contributed by atoms with E-state index < -0.39 is 5.91 Å². The van der Waals surface area contributed by atoms with Gasteiger partial charge in [-0.15, -0.1) is 0 Å². The van der Waals surface area contributed by atoms with E-state index in [1.807, 2.05) is 13.0 Å². The first-order valence-corrected chi connectivity index (χ1v) is 7.52. The van der Waals surface area contributed by atoms with E-state index in [1.54, 1.807) is 36.4 Å². The molecule has 0 atom stereocenters. The van der Waals surface area contributed by atoms with E-state index in [2.05, 4.69) is 15.6 Å². The summed E-state index contributed by atoms with van der Waals surface area (Å²) in [5.74, 6) is 0.612. The third-order valence-electron chi connectivity index (χ3n) is 2.87. The lowest BCUT2D eigenvalue weighted by molar-refractivity contribution is -0.112. The molecule has 2 N–H and O–H groups in total. The number of pyridine rings is 1. The zero-order valence-electron chi connectivity index (χ0n) is 12.9. The molecule has 0 aliphatic carbocycles. The van der Waals surface area contributed by atoms with Gasteiger partial charge in [0.25, 0.3) is 5.91 Å². The van der Waals surface area contributed by atoms with Crippen LogP contribution in [0.2, 0.25) is 5.02 Å². The molecule has 1 aromatic carbocycles. The lowest BCUT2D eigenvalue weighted by Crippen LogP contribution is -2.14. The van der Waals surface area contributed by atoms with Crippen molar-refractivity contribution in [3.8, 4) is 11.8 Å². The van der Waals surface area contributed by atoms with E-state index in [4.69, 9.17) is 21.6 Å². The molecule has 0 aliphatic rings. The number of nitriles is 1. The molecule has 7 heteroatoms. The van der Waals surface area contributed by atoms with Crippen molar-refractivity contribution in [2.75, 3.05) is 17.2 Å². The van der Waals surface area contributed by atoms with Crippen molar-refractivity contribution in [2.45, 2.75) is 6.92 Å². The number of carbonyl (C=O) groups excluding carboxylic acids is 1. The Morgan fingerprint density at radius 1 is 1.38 bits per heavy atom. The summed E-state index contributed by atoms with van der Waals surface area (Å²) in [5, 5.41) is 15.0. The second-order valence-corrected chi connectivity index (χ2v) is 5.02. The predicted octanol–water partition coefficient (Wildman–Crippen LogP) is 3.59. The Kier molecular flexibility index (Phi) is 6.17. The fourth-order valence-corrected chi connectivity index (χ4v) is 1.94. The Labute approximate surface area is 144 Å². The summed E-state index contributed by atoms with van der Waals surface area (Å²) in [7, 11) is 0. The summed E-state index contributed by atoms with van der Waals surface area (Å²) in [6.45, 7) is 2.46. The molecular formula is C17H15ClN4O2. The maximum atomic E-state index is 12.1. The number of nitrogens with one attached hydrogen (secondary N) is 2. The highest BCUT2D eigenvalue weighted by molar-refractivity contribution is 6.30. The first-order valence-electron chi connectivity index (χ1n) is 7.15. The molecule has 0 bridgehead atoms. The van der Waals surface area contributed by atoms with Crippen LogP contribution in [0, 0.1) is 11.3 Å². The van der Waals surface area contributed by atoms with Crippen LogP contribution in [0.5, 0.6) is 5.75 Å². The van der Waals surface area contributed by atoms with Crippen LogP contribution < -0.4 is 15.4 Å². The zero-order chi connectivity index (χ0) is 17.4. The van der Waals surface area contributed by atoms with Gasteiger partial charge in [-0.25, -0.2) is 4.98 Å². The number of hydrogen-bond acceptors (Lipinski definition) is 5. The number of hydrogen-bond donors (Lipinski definition) is 2. The topological polar surface area (TPSA) is 87.0 Å². The monoisotopic (exact) mass is 342 g/mol. The average Bonchev–Trinajstić information content (AvgIpc) is 2.57. The SMILES string of the molecule is CCOc1ccc(NC(=O)/C(C#N)=C\Nc2cc(Cl)ccn2)cc1. The van der Waals surface area contributed by atoms with Crippen molar-refractivity contribution >= 4 is 29.0 Å². The van der Waals surface area contributed by atoms with E-state index in [-0.39, 0.29) is 5.57 Å². The van der Waals surface area contributed by atoms with Gasteiger partial charge >= 0.3 is 0 Å². The predicted molar refractivity (Wildman–Crippen MR) is 92.8 cm³/mol. The largest absolute Gasteiger partial charge is 0.494 e. The van der Waals surface area contributed by atoms with Crippen LogP contribution in [-0.4, -0.2) is 17.5 Å². The molecule has 24 heavy (non-hydrogen) atoms. The third-order valence-corrected chi connectivity index (χ3v) is 3.11. The fourth-order valence-electron chi connectivity index (χ4n) is 1.78. The molecule has 2 rings (SSSR count). The van der Waals surface area contributed by atoms with Gasteiger partial charge in [0, 0.05) is 23.1 Å². The molecular weight excluding hydrogens is 328 g/mol. The number of aromatic nitrogens is 1. The van der Waals surface area contributed by atoms with E-state index in [0.29, 0.717) is 28.9 Å². The van der Waals surface area contributed by atoms with E-state index >= 15 is 0 Å². The minimum absolute atomic E-state index is 0.0920. The highest BCUT2D eigenvalue weighted by Gasteiger charge is 2.09. The highest BCUT2D eigenvalue weighted by atomic mass is 35.5. The molecule has 1 aromatic heterocycles. The maximum absolute atomic E-state index is 12.1. The number of benzene rings is 1. The summed E-state index contributed by atoms with van der Waals surface area (Å²) in [5.41, 5.74) is 0.469. The van der Waals surface area contributed by atoms with Gasteiger partial charge in [-0.1, -0.05) is 11.6 Å². The molecule has 0 aliphatic heterocycles. The van der Waals surface area contributed by atoms with Gasteiger partial charge in [0.1, 0.15) is 23.2 Å². The average molecular weight is 343 g/mol. The van der Waals surface area contributed by atoms with E-state index in [1.165, 1.54) is 12.4 Å². The van der Waals surface area contributed by atoms with Crippen molar-refractivity contribution in [2.24, 2.45) is 0 Å². The van der Waals surface area contributed by atoms with Crippen molar-refractivity contribution in [3.05, 3.63) is 59.4 Å². The Morgan fingerprint density at radius 3 is 2.75 bits per heavy atom. The standard InChI is InChI=1S/C17H15ClN4O2/c1-2-24-15-5-3-14(4-6-15)22-17(23)12(10-19)11-21-16-9-13(18)7-8-20-16/h3-9,11H,2H2,1H3,(H,20,21)(H,22,23)/b12-11-. The van der Waals surface area contributed by atoms with Crippen LogP contribution in [0.3, 0.4) is 0 Å². The zero-order valence-corrected chi connectivity index (χ0v) is 13.7. The molecule has 0 spiro atoms. The van der Waals surface area contributed by atoms with Gasteiger partial charge in [-0.3, -0.25) is 4.79 Å². The Morgan fingerprint density at radius 2 is 2.12 bits per heavy atom. The molecule has 2 aromatic rings. The molecule has 1 amide bonds. The second-order valence-electron chi connectivity index (χ2n) is 4.58. The molecule has 0 saturated carbocycles. The summed E-state index contributed by atoms with van der Waals surface area (Å²) in [4.78, 5) is 16.1. The van der Waals surface area contributed by atoms with Crippen LogP contribution in [0.1, 0.15) is 6.92 Å². The number of ether oxygens (including phenoxy) is 1. The van der Waals surface area contributed by atoms with Gasteiger partial charge in [-0.05, 0) is 43.3 Å². The Bertz CT molecular complexity index is 782. The second kappa shape index (κ2) is 8.56. The molecule has 1 heterocycles. The fraction of sp³-hybridized carbons (Fsp3) is 0.118. The number of halogens is 1. The summed E-state index contributed by atoms with van der Waals surface area (Å²) in [6, 6.07) is 11.9. The van der Waals surface area contributed by atoms with Crippen LogP contribution in [-0.2, 0) is 4.79 Å².